The number of halogens is 1. The second kappa shape index (κ2) is 5.76. The van der Waals surface area contributed by atoms with E-state index in [2.05, 4.69) is 20.2 Å². The van der Waals surface area contributed by atoms with Crippen molar-refractivity contribution >= 4 is 17.6 Å². The van der Waals surface area contributed by atoms with Crippen molar-refractivity contribution in [3.05, 3.63) is 30.1 Å². The van der Waals surface area contributed by atoms with Crippen molar-refractivity contribution in [3.8, 4) is 11.1 Å². The molecule has 0 radical (unpaired) electrons. The third kappa shape index (κ3) is 2.55. The lowest BCUT2D eigenvalue weighted by atomic mass is 10.1. The number of nitrogens with one attached hydrogen (secondary N) is 1. The van der Waals surface area contributed by atoms with E-state index in [0.29, 0.717) is 23.0 Å². The number of hydrogen-bond donors (Lipinski definition) is 3. The van der Waals surface area contributed by atoms with E-state index in [1.807, 2.05) is 7.05 Å². The van der Waals surface area contributed by atoms with Crippen molar-refractivity contribution in [2.45, 2.75) is 12.5 Å². The molecular formula is C15H19FN6. The standard InChI is InChI=1S/C15H19FN6/c1-19-9-6-7-22(8-9)14-12(13(17)20-15(18)21-14)10-4-2-3-5-11(10)16/h2-5,9,19H,6-8H2,1H3,(H4,17,18,20,21)/t9-/m1/s1. The van der Waals surface area contributed by atoms with Crippen LogP contribution in [-0.4, -0.2) is 36.1 Å². The van der Waals surface area contributed by atoms with Crippen LogP contribution in [0.1, 0.15) is 6.42 Å². The average Bonchev–Trinajstić information content (AvgIpc) is 2.96. The number of nitrogen functional groups attached to an aromatic ring is 2. The molecule has 0 saturated carbocycles. The van der Waals surface area contributed by atoms with Gasteiger partial charge in [0.2, 0.25) is 5.95 Å². The monoisotopic (exact) mass is 302 g/mol. The Hall–Kier alpha value is -2.41. The number of aromatic nitrogens is 2. The van der Waals surface area contributed by atoms with E-state index in [1.165, 1.54) is 6.07 Å². The van der Waals surface area contributed by atoms with Gasteiger partial charge in [-0.1, -0.05) is 18.2 Å². The van der Waals surface area contributed by atoms with Crippen LogP contribution < -0.4 is 21.7 Å². The molecule has 1 atom stereocenters. The molecule has 5 N–H and O–H groups in total. The Kier molecular flexibility index (Phi) is 3.81. The summed E-state index contributed by atoms with van der Waals surface area (Å²) in [6.45, 7) is 1.58. The van der Waals surface area contributed by atoms with Gasteiger partial charge in [0, 0.05) is 24.7 Å². The summed E-state index contributed by atoms with van der Waals surface area (Å²) in [5, 5.41) is 3.24. The topological polar surface area (TPSA) is 93.1 Å². The van der Waals surface area contributed by atoms with Crippen LogP contribution in [0, 0.1) is 5.82 Å². The predicted octanol–water partition coefficient (Wildman–Crippen LogP) is 1.25. The van der Waals surface area contributed by atoms with Crippen molar-refractivity contribution in [3.63, 3.8) is 0 Å². The van der Waals surface area contributed by atoms with Crippen LogP contribution in [0.2, 0.25) is 0 Å². The highest BCUT2D eigenvalue weighted by Crippen LogP contribution is 2.36. The second-order valence-electron chi connectivity index (χ2n) is 5.37. The summed E-state index contributed by atoms with van der Waals surface area (Å²) in [7, 11) is 1.93. The molecule has 1 aliphatic heterocycles. The third-order valence-corrected chi connectivity index (χ3v) is 3.97. The van der Waals surface area contributed by atoms with Gasteiger partial charge in [-0.3, -0.25) is 0 Å². The molecule has 1 aromatic carbocycles. The lowest BCUT2D eigenvalue weighted by molar-refractivity contribution is 0.616. The van der Waals surface area contributed by atoms with Crippen LogP contribution in [-0.2, 0) is 0 Å². The van der Waals surface area contributed by atoms with Gasteiger partial charge in [0.25, 0.3) is 0 Å². The number of benzene rings is 1. The quantitative estimate of drug-likeness (QED) is 0.790. The summed E-state index contributed by atoms with van der Waals surface area (Å²) in [6.07, 6.45) is 0.983. The molecule has 1 aromatic heterocycles. The first-order valence-corrected chi connectivity index (χ1v) is 7.20. The predicted molar refractivity (Wildman–Crippen MR) is 85.9 cm³/mol. The molecule has 0 unspecified atom stereocenters. The minimum Gasteiger partial charge on any atom is -0.383 e. The first-order valence-electron chi connectivity index (χ1n) is 7.20. The Morgan fingerprint density at radius 3 is 2.73 bits per heavy atom. The molecule has 2 aromatic rings. The van der Waals surface area contributed by atoms with Gasteiger partial charge in [0.15, 0.2) is 0 Å². The van der Waals surface area contributed by atoms with Gasteiger partial charge in [-0.05, 0) is 19.5 Å². The fourth-order valence-corrected chi connectivity index (χ4v) is 2.82. The van der Waals surface area contributed by atoms with E-state index >= 15 is 0 Å². The van der Waals surface area contributed by atoms with Gasteiger partial charge in [-0.25, -0.2) is 4.39 Å². The van der Waals surface area contributed by atoms with E-state index in [0.717, 1.165) is 19.5 Å². The summed E-state index contributed by atoms with van der Waals surface area (Å²) in [4.78, 5) is 10.4. The number of nitrogens with two attached hydrogens (primary N) is 2. The van der Waals surface area contributed by atoms with E-state index in [9.17, 15) is 4.39 Å². The van der Waals surface area contributed by atoms with Crippen LogP contribution in [0.3, 0.4) is 0 Å². The summed E-state index contributed by atoms with van der Waals surface area (Å²) in [6, 6.07) is 6.84. The van der Waals surface area contributed by atoms with E-state index in [1.54, 1.807) is 18.2 Å². The van der Waals surface area contributed by atoms with Gasteiger partial charge in [0.05, 0.1) is 5.56 Å². The Morgan fingerprint density at radius 1 is 1.27 bits per heavy atom. The normalized spacial score (nSPS) is 17.9. The zero-order chi connectivity index (χ0) is 15.7. The Bertz CT molecular complexity index is 690. The Morgan fingerprint density at radius 2 is 2.05 bits per heavy atom. The molecule has 1 saturated heterocycles. The second-order valence-corrected chi connectivity index (χ2v) is 5.37. The molecule has 0 amide bonds. The number of rotatable bonds is 3. The van der Waals surface area contributed by atoms with Crippen molar-refractivity contribution in [2.24, 2.45) is 0 Å². The number of nitrogens with zero attached hydrogens (tertiary/aromatic N) is 3. The molecule has 2 heterocycles. The van der Waals surface area contributed by atoms with Crippen molar-refractivity contribution < 1.29 is 4.39 Å². The lowest BCUT2D eigenvalue weighted by Gasteiger charge is -2.22. The van der Waals surface area contributed by atoms with Crippen molar-refractivity contribution in [1.29, 1.82) is 0 Å². The Balaban J connectivity index is 2.12. The van der Waals surface area contributed by atoms with Gasteiger partial charge < -0.3 is 21.7 Å². The molecule has 0 aliphatic carbocycles. The number of hydrogen-bond acceptors (Lipinski definition) is 6. The van der Waals surface area contributed by atoms with Gasteiger partial charge in [-0.2, -0.15) is 9.97 Å². The number of anilines is 3. The van der Waals surface area contributed by atoms with Crippen LogP contribution in [0.15, 0.2) is 24.3 Å². The molecule has 0 spiro atoms. The molecule has 1 aliphatic rings. The molecule has 116 valence electrons. The zero-order valence-electron chi connectivity index (χ0n) is 12.4. The molecule has 6 nitrogen and oxygen atoms in total. The first kappa shape index (κ1) is 14.5. The van der Waals surface area contributed by atoms with Gasteiger partial charge in [0.1, 0.15) is 17.5 Å². The van der Waals surface area contributed by atoms with E-state index in [4.69, 9.17) is 11.5 Å². The highest BCUT2D eigenvalue weighted by molar-refractivity contribution is 5.85. The highest BCUT2D eigenvalue weighted by Gasteiger charge is 2.27. The third-order valence-electron chi connectivity index (χ3n) is 3.97. The van der Waals surface area contributed by atoms with Crippen LogP contribution in [0.5, 0.6) is 0 Å². The van der Waals surface area contributed by atoms with Gasteiger partial charge in [-0.15, -0.1) is 0 Å². The molecule has 22 heavy (non-hydrogen) atoms. The van der Waals surface area contributed by atoms with E-state index < -0.39 is 0 Å². The summed E-state index contributed by atoms with van der Waals surface area (Å²) in [5.74, 6) is 0.530. The maximum absolute atomic E-state index is 14.2. The van der Waals surface area contributed by atoms with Crippen LogP contribution >= 0.6 is 0 Å². The SMILES string of the molecule is CN[C@@H]1CCN(c2nc(N)nc(N)c2-c2ccccc2F)C1. The first-order chi connectivity index (χ1) is 10.6. The summed E-state index contributed by atoms with van der Waals surface area (Å²) < 4.78 is 14.2. The maximum Gasteiger partial charge on any atom is 0.223 e. The summed E-state index contributed by atoms with van der Waals surface area (Å²) >= 11 is 0. The minimum atomic E-state index is -0.354. The lowest BCUT2D eigenvalue weighted by Crippen LogP contribution is -2.30. The molecule has 3 rings (SSSR count). The highest BCUT2D eigenvalue weighted by atomic mass is 19.1. The summed E-state index contributed by atoms with van der Waals surface area (Å²) in [5.41, 5.74) is 12.7. The molecule has 1 fully saturated rings. The zero-order valence-corrected chi connectivity index (χ0v) is 12.4. The fraction of sp³-hybridized carbons (Fsp3) is 0.333. The average molecular weight is 302 g/mol. The Labute approximate surface area is 128 Å². The van der Waals surface area contributed by atoms with Gasteiger partial charge >= 0.3 is 0 Å². The van der Waals surface area contributed by atoms with Crippen molar-refractivity contribution in [2.75, 3.05) is 36.5 Å². The largest absolute Gasteiger partial charge is 0.383 e. The smallest absolute Gasteiger partial charge is 0.223 e. The van der Waals surface area contributed by atoms with Crippen LogP contribution in [0.4, 0.5) is 22.0 Å². The van der Waals surface area contributed by atoms with Crippen molar-refractivity contribution in [1.82, 2.24) is 15.3 Å². The minimum absolute atomic E-state index is 0.0977. The van der Waals surface area contributed by atoms with E-state index in [-0.39, 0.29) is 17.6 Å². The molecular weight excluding hydrogens is 283 g/mol. The number of likely N-dealkylation sites (N-methyl/N-ethyl adjacent to an activating group) is 1. The van der Waals surface area contributed by atoms with Crippen LogP contribution in [0.25, 0.3) is 11.1 Å². The maximum atomic E-state index is 14.2. The molecule has 0 bridgehead atoms. The molecule has 7 heteroatoms. The fourth-order valence-electron chi connectivity index (χ4n) is 2.82.